The van der Waals surface area contributed by atoms with Crippen LogP contribution in [0.15, 0.2) is 70.9 Å². The molecule has 0 aliphatic heterocycles. The molecule has 0 amide bonds. The van der Waals surface area contributed by atoms with Gasteiger partial charge in [-0.15, -0.1) is 0 Å². The van der Waals surface area contributed by atoms with Crippen LogP contribution in [0.3, 0.4) is 0 Å². The van der Waals surface area contributed by atoms with E-state index in [0.717, 1.165) is 11.1 Å². The zero-order valence-corrected chi connectivity index (χ0v) is 21.1. The van der Waals surface area contributed by atoms with E-state index in [9.17, 15) is 0 Å². The standard InChI is InChI=1S/C31H22N6O2/c1-2-3-4-5-6-7-8-9-10-11-18-23-30(38-25-27-19-14-12-15-20-27)31(29(35-37-33)24-34-36-32)39-26-28-21-16-13-17-22-28/h12-17,19-22,29-31H,24-26H2,1H3/t29-,30+,31-/m0/s1. The molecule has 2 aromatic rings. The Morgan fingerprint density at radius 1 is 0.692 bits per heavy atom. The van der Waals surface area contributed by atoms with Gasteiger partial charge in [0.05, 0.1) is 19.3 Å². The van der Waals surface area contributed by atoms with Crippen LogP contribution in [0.2, 0.25) is 0 Å². The summed E-state index contributed by atoms with van der Waals surface area (Å²) in [6.45, 7) is 1.94. The second-order valence-corrected chi connectivity index (χ2v) is 7.31. The van der Waals surface area contributed by atoms with Crippen molar-refractivity contribution in [3.63, 3.8) is 0 Å². The van der Waals surface area contributed by atoms with Crippen molar-refractivity contribution in [1.82, 2.24) is 0 Å². The van der Waals surface area contributed by atoms with Gasteiger partial charge in [0.15, 0.2) is 0 Å². The number of hydrogen-bond donors (Lipinski definition) is 0. The quantitative estimate of drug-likeness (QED) is 0.179. The van der Waals surface area contributed by atoms with Crippen LogP contribution in [0, 0.1) is 71.0 Å². The van der Waals surface area contributed by atoms with Gasteiger partial charge in [-0.2, -0.15) is 0 Å². The van der Waals surface area contributed by atoms with Crippen LogP contribution < -0.4 is 0 Å². The van der Waals surface area contributed by atoms with E-state index < -0.39 is 18.2 Å². The van der Waals surface area contributed by atoms with Crippen LogP contribution in [0.4, 0.5) is 0 Å². The first-order chi connectivity index (χ1) is 19.3. The minimum Gasteiger partial charge on any atom is -0.369 e. The van der Waals surface area contributed by atoms with E-state index in [-0.39, 0.29) is 19.8 Å². The van der Waals surface area contributed by atoms with Crippen molar-refractivity contribution in [3.8, 4) is 71.0 Å². The third-order valence-electron chi connectivity index (χ3n) is 4.67. The fourth-order valence-electron chi connectivity index (χ4n) is 2.96. The summed E-state index contributed by atoms with van der Waals surface area (Å²) in [6, 6.07) is 18.1. The van der Waals surface area contributed by atoms with Crippen molar-refractivity contribution < 1.29 is 9.47 Å². The SMILES string of the molecule is CC#CC#CC#CC#CC#CC#C[C@@H](OCc1ccccc1)[C@@H](OCc1ccccc1)[C@H](CN=[N+]=[N-])N=[N+]=[N-]. The Bertz CT molecular complexity index is 1550. The molecule has 0 bridgehead atoms. The molecule has 188 valence electrons. The van der Waals surface area contributed by atoms with Gasteiger partial charge < -0.3 is 9.47 Å². The van der Waals surface area contributed by atoms with Crippen LogP contribution in [0.25, 0.3) is 20.9 Å². The summed E-state index contributed by atoms with van der Waals surface area (Å²) in [5.41, 5.74) is 19.8. The summed E-state index contributed by atoms with van der Waals surface area (Å²) in [5, 5.41) is 7.39. The van der Waals surface area contributed by atoms with E-state index in [0.29, 0.717) is 0 Å². The van der Waals surface area contributed by atoms with E-state index >= 15 is 0 Å². The molecule has 0 N–H and O–H groups in total. The number of nitrogens with zero attached hydrogens (tertiary/aromatic N) is 6. The van der Waals surface area contributed by atoms with Crippen LogP contribution in [-0.2, 0) is 22.7 Å². The molecular formula is C31H22N6O2. The predicted octanol–water partition coefficient (Wildman–Crippen LogP) is 5.19. The summed E-state index contributed by atoms with van der Waals surface area (Å²) in [7, 11) is 0. The Labute approximate surface area is 228 Å². The molecule has 0 spiro atoms. The largest absolute Gasteiger partial charge is 0.369 e. The van der Waals surface area contributed by atoms with Crippen molar-refractivity contribution in [2.24, 2.45) is 10.2 Å². The molecule has 0 heterocycles. The molecule has 8 heteroatoms. The normalized spacial score (nSPS) is 10.7. The van der Waals surface area contributed by atoms with Crippen molar-refractivity contribution >= 4 is 0 Å². The smallest absolute Gasteiger partial charge is 0.146 e. The number of hydrogen-bond acceptors (Lipinski definition) is 4. The van der Waals surface area contributed by atoms with Gasteiger partial charge in [0.25, 0.3) is 0 Å². The highest BCUT2D eigenvalue weighted by Gasteiger charge is 2.30. The number of benzene rings is 2. The van der Waals surface area contributed by atoms with Crippen molar-refractivity contribution in [1.29, 1.82) is 0 Å². The molecule has 8 nitrogen and oxygen atoms in total. The summed E-state index contributed by atoms with van der Waals surface area (Å²) in [6.07, 6.45) is -1.75. The number of azide groups is 2. The van der Waals surface area contributed by atoms with Crippen molar-refractivity contribution in [2.75, 3.05) is 6.54 Å². The van der Waals surface area contributed by atoms with Gasteiger partial charge >= 0.3 is 0 Å². The summed E-state index contributed by atoms with van der Waals surface area (Å²) in [5.74, 6) is 31.4. The first-order valence-electron chi connectivity index (χ1n) is 11.6. The Hall–Kier alpha value is -5.66. The topological polar surface area (TPSA) is 116 Å². The van der Waals surface area contributed by atoms with Gasteiger partial charge in [-0.1, -0.05) is 82.7 Å². The zero-order chi connectivity index (χ0) is 27.8. The Morgan fingerprint density at radius 3 is 1.72 bits per heavy atom. The van der Waals surface area contributed by atoms with E-state index in [1.54, 1.807) is 6.92 Å². The molecule has 0 saturated carbocycles. The maximum Gasteiger partial charge on any atom is 0.146 e. The van der Waals surface area contributed by atoms with Gasteiger partial charge in [0.1, 0.15) is 12.2 Å². The lowest BCUT2D eigenvalue weighted by molar-refractivity contribution is -0.0697. The number of ether oxygens (including phenoxy) is 2. The molecule has 0 saturated heterocycles. The second kappa shape index (κ2) is 19.5. The van der Waals surface area contributed by atoms with E-state index in [2.05, 4.69) is 91.1 Å². The highest BCUT2D eigenvalue weighted by molar-refractivity contribution is 5.44. The molecule has 0 aliphatic rings. The van der Waals surface area contributed by atoms with Crippen LogP contribution in [-0.4, -0.2) is 24.8 Å². The average Bonchev–Trinajstić information content (AvgIpc) is 2.97. The summed E-state index contributed by atoms with van der Waals surface area (Å²) in [4.78, 5) is 5.70. The lowest BCUT2D eigenvalue weighted by Crippen LogP contribution is -2.41. The maximum atomic E-state index is 9.16. The third kappa shape index (κ3) is 12.7. The van der Waals surface area contributed by atoms with Crippen LogP contribution >= 0.6 is 0 Å². The maximum absolute atomic E-state index is 9.16. The summed E-state index contributed by atoms with van der Waals surface area (Å²) < 4.78 is 12.3. The fraction of sp³-hybridized carbons (Fsp3) is 0.226. The molecule has 0 unspecified atom stereocenters. The second-order valence-electron chi connectivity index (χ2n) is 7.31. The van der Waals surface area contributed by atoms with Gasteiger partial charge in [-0.3, -0.25) is 0 Å². The third-order valence-corrected chi connectivity index (χ3v) is 4.67. The van der Waals surface area contributed by atoms with Crippen LogP contribution in [0.5, 0.6) is 0 Å². The Morgan fingerprint density at radius 2 is 1.21 bits per heavy atom. The van der Waals surface area contributed by atoms with E-state index in [1.165, 1.54) is 0 Å². The minimum absolute atomic E-state index is 0.143. The van der Waals surface area contributed by atoms with Crippen molar-refractivity contribution in [3.05, 3.63) is 92.7 Å². The zero-order valence-electron chi connectivity index (χ0n) is 21.1. The molecule has 39 heavy (non-hydrogen) atoms. The first-order valence-corrected chi connectivity index (χ1v) is 11.6. The lowest BCUT2D eigenvalue weighted by atomic mass is 10.1. The predicted molar refractivity (Wildman–Crippen MR) is 149 cm³/mol. The molecule has 2 rings (SSSR count). The van der Waals surface area contributed by atoms with Gasteiger partial charge in [-0.25, -0.2) is 0 Å². The highest BCUT2D eigenvalue weighted by atomic mass is 16.5. The minimum atomic E-state index is -0.883. The monoisotopic (exact) mass is 510 g/mol. The number of rotatable bonds is 11. The Kier molecular flexibility index (Phi) is 14.8. The molecule has 2 aromatic carbocycles. The first kappa shape index (κ1) is 29.6. The Balaban J connectivity index is 2.35. The highest BCUT2D eigenvalue weighted by Crippen LogP contribution is 2.18. The van der Waals surface area contributed by atoms with Crippen molar-refractivity contribution in [2.45, 2.75) is 38.4 Å². The fourth-order valence-corrected chi connectivity index (χ4v) is 2.96. The van der Waals surface area contributed by atoms with Gasteiger partial charge in [-0.05, 0) is 88.3 Å². The molecule has 0 aliphatic carbocycles. The van der Waals surface area contributed by atoms with E-state index in [4.69, 9.17) is 20.5 Å². The summed E-state index contributed by atoms with van der Waals surface area (Å²) >= 11 is 0. The molecule has 0 aromatic heterocycles. The van der Waals surface area contributed by atoms with Crippen LogP contribution in [0.1, 0.15) is 18.1 Å². The van der Waals surface area contributed by atoms with Gasteiger partial charge in [0.2, 0.25) is 0 Å². The lowest BCUT2D eigenvalue weighted by Gasteiger charge is -2.28. The molecule has 0 fully saturated rings. The average molecular weight is 511 g/mol. The van der Waals surface area contributed by atoms with Gasteiger partial charge in [0, 0.05) is 16.4 Å². The molecular weight excluding hydrogens is 488 g/mol. The molecule has 3 atom stereocenters. The van der Waals surface area contributed by atoms with E-state index in [1.807, 2.05) is 60.7 Å². The molecule has 0 radical (unpaired) electrons.